The van der Waals surface area contributed by atoms with Gasteiger partial charge in [-0.25, -0.2) is 4.79 Å². The summed E-state index contributed by atoms with van der Waals surface area (Å²) < 4.78 is 18.1. The lowest BCUT2D eigenvalue weighted by Crippen LogP contribution is -2.46. The van der Waals surface area contributed by atoms with E-state index in [2.05, 4.69) is 16.7 Å². The lowest BCUT2D eigenvalue weighted by molar-refractivity contribution is 0.0331. The number of anilines is 1. The van der Waals surface area contributed by atoms with Gasteiger partial charge >= 0.3 is 6.16 Å². The maximum atomic E-state index is 12.7. The highest BCUT2D eigenvalue weighted by Gasteiger charge is 2.19. The summed E-state index contributed by atoms with van der Waals surface area (Å²) >= 11 is 12.6. The van der Waals surface area contributed by atoms with Crippen LogP contribution in [0.15, 0.2) is 53.3 Å². The summed E-state index contributed by atoms with van der Waals surface area (Å²) in [5, 5.41) is 2.07. The minimum absolute atomic E-state index is 0.214. The highest BCUT2D eigenvalue weighted by atomic mass is 35.5. The molecule has 8 nitrogen and oxygen atoms in total. The van der Waals surface area contributed by atoms with E-state index >= 15 is 0 Å². The second kappa shape index (κ2) is 23.6. The molecule has 0 N–H and O–H groups in total. The Hall–Kier alpha value is -2.94. The SMILES string of the molecule is CCCCCCCCCCCCCCCCOC(=O)OCn1c(=O)ccc2ccc(OCCCCN3CCN(c4cccc(Cl)c4Cl)CC3)cc21. The Labute approximate surface area is 315 Å². The average Bonchev–Trinajstić information content (AvgIpc) is 3.14. The van der Waals surface area contributed by atoms with Crippen LogP contribution in [-0.2, 0) is 16.2 Å². The normalized spacial score (nSPS) is 13.5. The lowest BCUT2D eigenvalue weighted by Gasteiger charge is -2.36. The maximum absolute atomic E-state index is 12.7. The van der Waals surface area contributed by atoms with Crippen molar-refractivity contribution in [2.24, 2.45) is 0 Å². The molecule has 4 rings (SSSR count). The number of carbonyl (C=O) groups excluding carboxylic acids is 1. The van der Waals surface area contributed by atoms with Gasteiger partial charge < -0.3 is 19.1 Å². The van der Waals surface area contributed by atoms with Crippen LogP contribution in [0.5, 0.6) is 5.75 Å². The molecule has 0 unspecified atom stereocenters. The van der Waals surface area contributed by atoms with Gasteiger partial charge in [0.15, 0.2) is 6.73 Å². The van der Waals surface area contributed by atoms with E-state index in [4.69, 9.17) is 37.4 Å². The quantitative estimate of drug-likeness (QED) is 0.0668. The average molecular weight is 745 g/mol. The van der Waals surface area contributed by atoms with Gasteiger partial charge in [0.2, 0.25) is 0 Å². The van der Waals surface area contributed by atoms with Gasteiger partial charge in [0.25, 0.3) is 5.56 Å². The Morgan fingerprint density at radius 3 is 2.02 bits per heavy atom. The minimum atomic E-state index is -0.754. The van der Waals surface area contributed by atoms with Gasteiger partial charge in [0.1, 0.15) is 5.75 Å². The molecule has 3 aromatic rings. The molecule has 282 valence electrons. The van der Waals surface area contributed by atoms with E-state index in [0.717, 1.165) is 75.9 Å². The van der Waals surface area contributed by atoms with E-state index in [0.29, 0.717) is 34.5 Å². The number of unbranched alkanes of at least 4 members (excludes halogenated alkanes) is 14. The highest BCUT2D eigenvalue weighted by molar-refractivity contribution is 6.43. The molecule has 1 saturated heterocycles. The van der Waals surface area contributed by atoms with Gasteiger partial charge in [-0.1, -0.05) is 120 Å². The molecular weight excluding hydrogens is 685 g/mol. The first kappa shape index (κ1) is 40.8. The number of hydrogen-bond acceptors (Lipinski definition) is 7. The molecule has 0 aliphatic carbocycles. The first-order chi connectivity index (χ1) is 25.0. The smallest absolute Gasteiger partial charge is 0.494 e. The number of pyridine rings is 1. The second-order valence-corrected chi connectivity index (χ2v) is 14.5. The van der Waals surface area contributed by atoms with E-state index in [1.807, 2.05) is 36.4 Å². The van der Waals surface area contributed by atoms with Crippen LogP contribution in [-0.4, -0.2) is 61.6 Å². The molecule has 1 aliphatic heterocycles. The zero-order valence-electron chi connectivity index (χ0n) is 30.7. The van der Waals surface area contributed by atoms with Crippen LogP contribution < -0.4 is 15.2 Å². The van der Waals surface area contributed by atoms with E-state index in [9.17, 15) is 9.59 Å². The fourth-order valence-electron chi connectivity index (χ4n) is 6.68. The van der Waals surface area contributed by atoms with Crippen molar-refractivity contribution in [3.63, 3.8) is 0 Å². The number of halogens is 2. The number of benzene rings is 2. The van der Waals surface area contributed by atoms with Gasteiger partial charge in [-0.2, -0.15) is 0 Å². The predicted molar refractivity (Wildman–Crippen MR) is 211 cm³/mol. The van der Waals surface area contributed by atoms with Gasteiger partial charge in [0, 0.05) is 38.3 Å². The van der Waals surface area contributed by atoms with Crippen LogP contribution in [0.3, 0.4) is 0 Å². The molecule has 2 heterocycles. The van der Waals surface area contributed by atoms with Crippen LogP contribution in [0, 0.1) is 0 Å². The number of carbonyl (C=O) groups is 1. The fourth-order valence-corrected chi connectivity index (χ4v) is 7.09. The number of fused-ring (bicyclic) bond motifs is 1. The number of piperazine rings is 1. The Kier molecular flexibility index (Phi) is 18.9. The molecule has 0 amide bonds. The largest absolute Gasteiger partial charge is 0.510 e. The minimum Gasteiger partial charge on any atom is -0.494 e. The molecule has 0 bridgehead atoms. The topological polar surface area (TPSA) is 73.2 Å². The Balaban J connectivity index is 1.07. The second-order valence-electron chi connectivity index (χ2n) is 13.7. The van der Waals surface area contributed by atoms with Crippen LogP contribution in [0.1, 0.15) is 110 Å². The molecule has 2 aromatic carbocycles. The van der Waals surface area contributed by atoms with Crippen molar-refractivity contribution in [3.8, 4) is 5.75 Å². The Morgan fingerprint density at radius 2 is 1.33 bits per heavy atom. The third kappa shape index (κ3) is 14.5. The summed E-state index contributed by atoms with van der Waals surface area (Å²) in [6.07, 6.45) is 19.0. The van der Waals surface area contributed by atoms with Crippen LogP contribution in [0.4, 0.5) is 10.5 Å². The molecule has 51 heavy (non-hydrogen) atoms. The Morgan fingerprint density at radius 1 is 0.706 bits per heavy atom. The summed E-state index contributed by atoms with van der Waals surface area (Å²) in [6.45, 7) is 7.73. The molecule has 0 atom stereocenters. The predicted octanol–water partition coefficient (Wildman–Crippen LogP) is 10.9. The first-order valence-electron chi connectivity index (χ1n) is 19.4. The number of nitrogens with zero attached hydrogens (tertiary/aromatic N) is 3. The number of aromatic nitrogens is 1. The van der Waals surface area contributed by atoms with E-state index in [-0.39, 0.29) is 12.3 Å². The summed E-state index contributed by atoms with van der Waals surface area (Å²) in [4.78, 5) is 29.8. The monoisotopic (exact) mass is 743 g/mol. The lowest BCUT2D eigenvalue weighted by atomic mass is 10.0. The van der Waals surface area contributed by atoms with E-state index in [1.54, 1.807) is 6.07 Å². The molecule has 0 saturated carbocycles. The van der Waals surface area contributed by atoms with E-state index < -0.39 is 6.16 Å². The van der Waals surface area contributed by atoms with Gasteiger partial charge in [0.05, 0.1) is 34.5 Å². The number of rotatable bonds is 24. The van der Waals surface area contributed by atoms with Crippen molar-refractivity contribution >= 4 is 45.9 Å². The van der Waals surface area contributed by atoms with Crippen molar-refractivity contribution in [2.75, 3.05) is 50.8 Å². The molecule has 10 heteroatoms. The van der Waals surface area contributed by atoms with E-state index in [1.165, 1.54) is 81.3 Å². The molecule has 0 radical (unpaired) electrons. The third-order valence-corrected chi connectivity index (χ3v) is 10.6. The van der Waals surface area contributed by atoms with Gasteiger partial charge in [-0.15, -0.1) is 0 Å². The Bertz CT molecular complexity index is 1510. The van der Waals surface area contributed by atoms with Crippen molar-refractivity contribution in [3.05, 3.63) is 68.9 Å². The molecule has 0 spiro atoms. The zero-order valence-corrected chi connectivity index (χ0v) is 32.2. The van der Waals surface area contributed by atoms with Crippen LogP contribution >= 0.6 is 23.2 Å². The van der Waals surface area contributed by atoms with Gasteiger partial charge in [-0.05, 0) is 61.5 Å². The molecule has 1 aromatic heterocycles. The summed E-state index contributed by atoms with van der Waals surface area (Å²) in [7, 11) is 0. The van der Waals surface area contributed by atoms with Crippen molar-refractivity contribution in [1.29, 1.82) is 0 Å². The first-order valence-corrected chi connectivity index (χ1v) is 20.2. The standard InChI is InChI=1S/C41H59Cl2N3O5/c1-2-3-4-5-6-7-8-9-10-11-12-13-14-16-31-50-41(48)51-33-46-38-32-35(23-21-34(38)22-24-39(46)47)49-30-17-15-25-44-26-28-45(29-27-44)37-20-18-19-36(42)40(37)43/h18-24,32H,2-17,25-31,33H2,1H3. The maximum Gasteiger partial charge on any atom is 0.510 e. The fraction of sp³-hybridized carbons (Fsp3) is 0.610. The van der Waals surface area contributed by atoms with Crippen molar-refractivity contribution in [2.45, 2.75) is 116 Å². The van der Waals surface area contributed by atoms with Crippen LogP contribution in [0.2, 0.25) is 10.0 Å². The zero-order chi connectivity index (χ0) is 36.1. The van der Waals surface area contributed by atoms with Gasteiger partial charge in [-0.3, -0.25) is 14.3 Å². The third-order valence-electron chi connectivity index (χ3n) is 9.78. The van der Waals surface area contributed by atoms with Crippen molar-refractivity contribution in [1.82, 2.24) is 9.47 Å². The highest BCUT2D eigenvalue weighted by Crippen LogP contribution is 2.33. The number of ether oxygens (including phenoxy) is 3. The number of hydrogen-bond donors (Lipinski definition) is 0. The summed E-state index contributed by atoms with van der Waals surface area (Å²) in [6, 6.07) is 14.7. The summed E-state index contributed by atoms with van der Waals surface area (Å²) in [5.74, 6) is 0.675. The molecular formula is C41H59Cl2N3O5. The van der Waals surface area contributed by atoms with Crippen LogP contribution in [0.25, 0.3) is 10.9 Å². The molecule has 1 aliphatic rings. The van der Waals surface area contributed by atoms with Crippen molar-refractivity contribution < 1.29 is 19.0 Å². The summed E-state index contributed by atoms with van der Waals surface area (Å²) in [5.41, 5.74) is 1.40. The molecule has 1 fully saturated rings.